The molecule has 1 aromatic carbocycles. The van der Waals surface area contributed by atoms with Gasteiger partial charge in [0.15, 0.2) is 0 Å². The van der Waals surface area contributed by atoms with E-state index in [0.717, 1.165) is 65.5 Å². The van der Waals surface area contributed by atoms with Crippen molar-refractivity contribution < 1.29 is 0 Å². The molecular weight excluding hydrogens is 505 g/mol. The highest BCUT2D eigenvalue weighted by Crippen LogP contribution is 2.26. The topological polar surface area (TPSA) is 53.6 Å². The first-order valence-corrected chi connectivity index (χ1v) is 15.6. The Morgan fingerprint density at radius 3 is 2.21 bits per heavy atom. The molecule has 4 nitrogen and oxygen atoms in total. The molecule has 0 amide bonds. The van der Waals surface area contributed by atoms with Gasteiger partial charge in [0.25, 0.3) is 0 Å². The molecule has 0 aliphatic heterocycles. The number of para-hydroxylation sites is 2. The van der Waals surface area contributed by atoms with E-state index in [1.54, 1.807) is 11.3 Å². The Kier molecular flexibility index (Phi) is 12.4. The molecule has 1 atom stereocenters. The quantitative estimate of drug-likeness (QED) is 0.185. The summed E-state index contributed by atoms with van der Waals surface area (Å²) in [6.07, 6.45) is 14.0. The van der Waals surface area contributed by atoms with Gasteiger partial charge in [-0.25, -0.2) is 9.97 Å². The summed E-state index contributed by atoms with van der Waals surface area (Å²) in [5.74, 6) is 2.75. The Morgan fingerprint density at radius 2 is 1.58 bits per heavy atom. The highest BCUT2D eigenvalue weighted by atomic mass is 32.2. The van der Waals surface area contributed by atoms with Gasteiger partial charge in [-0.1, -0.05) is 52.7 Å². The standard InChI is InChI=1S/C32H44N4S2/c1-23(2)12-9-13-24(3)14-10-15-25(4)16-11-17-26(5)20-37-21-30(34-31-22-38-27(6)33-31)32-35-28-18-7-8-19-29(28)36-32/h7-8,12,14,16,18-20,22,30,34H,9-11,13,15,17,21H2,1-6H3,(H,35,36). The fourth-order valence-electron chi connectivity index (χ4n) is 4.17. The zero-order chi connectivity index (χ0) is 27.3. The van der Waals surface area contributed by atoms with Crippen molar-refractivity contribution in [1.82, 2.24) is 15.0 Å². The second kappa shape index (κ2) is 15.7. The molecule has 0 saturated carbocycles. The number of hydrogen-bond acceptors (Lipinski definition) is 5. The number of nitrogens with zero attached hydrogens (tertiary/aromatic N) is 2. The van der Waals surface area contributed by atoms with Crippen molar-refractivity contribution >= 4 is 39.9 Å². The molecule has 1 unspecified atom stereocenters. The number of aromatic nitrogens is 3. The number of fused-ring (bicyclic) bond motifs is 1. The van der Waals surface area contributed by atoms with Crippen LogP contribution in [0.15, 0.2) is 75.6 Å². The first kappa shape index (κ1) is 30.0. The van der Waals surface area contributed by atoms with Crippen LogP contribution in [-0.2, 0) is 0 Å². The van der Waals surface area contributed by atoms with Gasteiger partial charge >= 0.3 is 0 Å². The summed E-state index contributed by atoms with van der Waals surface area (Å²) in [6, 6.07) is 8.25. The van der Waals surface area contributed by atoms with Crippen LogP contribution in [0.4, 0.5) is 5.82 Å². The number of thiazole rings is 1. The molecule has 2 heterocycles. The average molecular weight is 549 g/mol. The van der Waals surface area contributed by atoms with Gasteiger partial charge < -0.3 is 10.3 Å². The number of benzene rings is 1. The van der Waals surface area contributed by atoms with Crippen LogP contribution in [0.2, 0.25) is 0 Å². The lowest BCUT2D eigenvalue weighted by Crippen LogP contribution is -2.15. The lowest BCUT2D eigenvalue weighted by Gasteiger charge is -2.15. The molecule has 204 valence electrons. The molecule has 0 aliphatic carbocycles. The van der Waals surface area contributed by atoms with Gasteiger partial charge in [-0.3, -0.25) is 0 Å². The van der Waals surface area contributed by atoms with E-state index in [2.05, 4.69) is 91.1 Å². The minimum atomic E-state index is 0.0543. The van der Waals surface area contributed by atoms with Crippen LogP contribution in [0.25, 0.3) is 11.0 Å². The van der Waals surface area contributed by atoms with Crippen molar-refractivity contribution in [2.75, 3.05) is 11.1 Å². The van der Waals surface area contributed by atoms with E-state index in [9.17, 15) is 0 Å². The molecule has 0 bridgehead atoms. The molecule has 0 fully saturated rings. The zero-order valence-corrected chi connectivity index (χ0v) is 25.6. The van der Waals surface area contributed by atoms with Crippen LogP contribution in [0.1, 0.15) is 90.0 Å². The SMILES string of the molecule is CC(C)=CCCC(C)=CCCC(C)=CCCC(C)=CSCC(Nc1csc(C)n1)c1nc2ccccc2[nH]1. The van der Waals surface area contributed by atoms with E-state index in [1.807, 2.05) is 30.8 Å². The van der Waals surface area contributed by atoms with E-state index < -0.39 is 0 Å². The fourth-order valence-corrected chi connectivity index (χ4v) is 5.65. The van der Waals surface area contributed by atoms with Gasteiger partial charge in [0.1, 0.15) is 11.6 Å². The second-order valence-corrected chi connectivity index (χ2v) is 12.3. The largest absolute Gasteiger partial charge is 0.359 e. The predicted molar refractivity (Wildman–Crippen MR) is 170 cm³/mol. The number of thioether (sulfide) groups is 1. The Bertz CT molecular complexity index is 1240. The van der Waals surface area contributed by atoms with Crippen molar-refractivity contribution in [3.05, 3.63) is 86.4 Å². The number of aryl methyl sites for hydroxylation is 1. The van der Waals surface area contributed by atoms with Crippen molar-refractivity contribution in [1.29, 1.82) is 0 Å². The summed E-state index contributed by atoms with van der Waals surface area (Å²) in [5.41, 5.74) is 7.89. The molecule has 2 N–H and O–H groups in total. The van der Waals surface area contributed by atoms with Crippen molar-refractivity contribution in [3.8, 4) is 0 Å². The maximum absolute atomic E-state index is 4.85. The van der Waals surface area contributed by atoms with Crippen LogP contribution >= 0.6 is 23.1 Å². The lowest BCUT2D eigenvalue weighted by atomic mass is 10.0. The van der Waals surface area contributed by atoms with E-state index >= 15 is 0 Å². The monoisotopic (exact) mass is 548 g/mol. The van der Waals surface area contributed by atoms with Crippen molar-refractivity contribution in [2.45, 2.75) is 86.1 Å². The normalized spacial score (nSPS) is 13.7. The summed E-state index contributed by atoms with van der Waals surface area (Å²) in [4.78, 5) is 13.0. The van der Waals surface area contributed by atoms with Crippen LogP contribution in [0.5, 0.6) is 0 Å². The third kappa shape index (κ3) is 10.7. The number of allylic oxidation sites excluding steroid dienone is 7. The summed E-state index contributed by atoms with van der Waals surface area (Å²) in [5, 5.41) is 9.04. The number of anilines is 1. The van der Waals surface area contributed by atoms with E-state index in [-0.39, 0.29) is 6.04 Å². The number of hydrogen-bond donors (Lipinski definition) is 2. The molecule has 0 spiro atoms. The minimum absolute atomic E-state index is 0.0543. The third-order valence-corrected chi connectivity index (χ3v) is 8.25. The Hall–Kier alpha value is -2.57. The van der Waals surface area contributed by atoms with Crippen molar-refractivity contribution in [2.24, 2.45) is 0 Å². The Balaban J connectivity index is 1.47. The minimum Gasteiger partial charge on any atom is -0.359 e. The number of nitrogens with one attached hydrogen (secondary N) is 2. The van der Waals surface area contributed by atoms with Gasteiger partial charge in [0.05, 0.1) is 22.1 Å². The Labute approximate surface area is 237 Å². The molecule has 38 heavy (non-hydrogen) atoms. The fraction of sp³-hybridized carbons (Fsp3) is 0.438. The number of aromatic amines is 1. The first-order valence-electron chi connectivity index (χ1n) is 13.7. The van der Waals surface area contributed by atoms with Gasteiger partial charge in [-0.2, -0.15) is 0 Å². The number of imidazole rings is 1. The lowest BCUT2D eigenvalue weighted by molar-refractivity contribution is 0.822. The number of rotatable bonds is 15. The summed E-state index contributed by atoms with van der Waals surface area (Å²) in [7, 11) is 0. The first-order chi connectivity index (χ1) is 18.3. The molecule has 0 saturated heterocycles. The van der Waals surface area contributed by atoms with Crippen LogP contribution in [0.3, 0.4) is 0 Å². The van der Waals surface area contributed by atoms with Gasteiger partial charge in [0.2, 0.25) is 0 Å². The van der Waals surface area contributed by atoms with E-state index in [0.29, 0.717) is 0 Å². The zero-order valence-electron chi connectivity index (χ0n) is 23.9. The number of H-pyrrole nitrogens is 1. The van der Waals surface area contributed by atoms with Crippen molar-refractivity contribution in [3.63, 3.8) is 0 Å². The molecule has 3 rings (SSSR count). The maximum atomic E-state index is 4.85. The van der Waals surface area contributed by atoms with Gasteiger partial charge in [-0.05, 0) is 97.6 Å². The smallest absolute Gasteiger partial charge is 0.137 e. The highest BCUT2D eigenvalue weighted by Gasteiger charge is 2.17. The van der Waals surface area contributed by atoms with Crippen LogP contribution in [-0.4, -0.2) is 20.7 Å². The second-order valence-electron chi connectivity index (χ2n) is 10.4. The van der Waals surface area contributed by atoms with Crippen LogP contribution < -0.4 is 5.32 Å². The molecule has 6 heteroatoms. The van der Waals surface area contributed by atoms with E-state index in [1.165, 1.54) is 28.7 Å². The Morgan fingerprint density at radius 1 is 0.921 bits per heavy atom. The third-order valence-electron chi connectivity index (χ3n) is 6.38. The van der Waals surface area contributed by atoms with E-state index in [4.69, 9.17) is 4.98 Å². The summed E-state index contributed by atoms with van der Waals surface area (Å²) in [6.45, 7) is 13.1. The maximum Gasteiger partial charge on any atom is 0.137 e. The summed E-state index contributed by atoms with van der Waals surface area (Å²) >= 11 is 3.51. The highest BCUT2D eigenvalue weighted by molar-refractivity contribution is 8.02. The summed E-state index contributed by atoms with van der Waals surface area (Å²) < 4.78 is 0. The predicted octanol–water partition coefficient (Wildman–Crippen LogP) is 10.3. The van der Waals surface area contributed by atoms with Gasteiger partial charge in [0, 0.05) is 11.1 Å². The molecular formula is C32H44N4S2. The molecule has 3 aromatic rings. The average Bonchev–Trinajstić information content (AvgIpc) is 3.49. The molecule has 0 radical (unpaired) electrons. The molecule has 0 aliphatic rings. The van der Waals surface area contributed by atoms with Crippen LogP contribution in [0, 0.1) is 6.92 Å². The van der Waals surface area contributed by atoms with Gasteiger partial charge in [-0.15, -0.1) is 23.1 Å². The molecule has 2 aromatic heterocycles.